The summed E-state index contributed by atoms with van der Waals surface area (Å²) in [4.78, 5) is 29.0. The van der Waals surface area contributed by atoms with Gasteiger partial charge in [-0.15, -0.1) is 0 Å². The van der Waals surface area contributed by atoms with Crippen LogP contribution in [0.3, 0.4) is 0 Å². The van der Waals surface area contributed by atoms with E-state index >= 15 is 0 Å². The molecular formula is C23H25BrN4O5. The normalized spacial score (nSPS) is 12.5. The molecule has 0 radical (unpaired) electrons. The van der Waals surface area contributed by atoms with E-state index in [2.05, 4.69) is 26.0 Å². The molecule has 0 saturated heterocycles. The third-order valence-electron chi connectivity index (χ3n) is 5.04. The molecule has 33 heavy (non-hydrogen) atoms. The molecule has 10 heteroatoms. The van der Waals surface area contributed by atoms with Crippen LogP contribution >= 0.6 is 15.9 Å². The zero-order valence-electron chi connectivity index (χ0n) is 19.0. The summed E-state index contributed by atoms with van der Waals surface area (Å²) in [6.45, 7) is 7.50. The number of fused-ring (bicyclic) bond motifs is 1. The molecule has 174 valence electrons. The van der Waals surface area contributed by atoms with Gasteiger partial charge in [0.05, 0.1) is 35.3 Å². The highest BCUT2D eigenvalue weighted by Crippen LogP contribution is 2.38. The van der Waals surface area contributed by atoms with Gasteiger partial charge in [0.1, 0.15) is 5.82 Å². The summed E-state index contributed by atoms with van der Waals surface area (Å²) in [5.74, 6) is 0.724. The van der Waals surface area contributed by atoms with E-state index in [1.54, 1.807) is 32.0 Å². The predicted molar refractivity (Wildman–Crippen MR) is 131 cm³/mol. The van der Waals surface area contributed by atoms with Gasteiger partial charge in [-0.2, -0.15) is 9.78 Å². The van der Waals surface area contributed by atoms with Gasteiger partial charge in [-0.3, -0.25) is 14.9 Å². The largest absolute Gasteiger partial charge is 0.493 e. The Morgan fingerprint density at radius 3 is 2.61 bits per heavy atom. The second-order valence-electron chi connectivity index (χ2n) is 7.80. The van der Waals surface area contributed by atoms with Gasteiger partial charge < -0.3 is 9.47 Å². The van der Waals surface area contributed by atoms with Crippen molar-refractivity contribution in [3.63, 3.8) is 0 Å². The molecule has 3 aromatic rings. The Labute approximate surface area is 199 Å². The van der Waals surface area contributed by atoms with Crippen LogP contribution in [-0.4, -0.2) is 34.0 Å². The van der Waals surface area contributed by atoms with E-state index in [4.69, 9.17) is 9.47 Å². The summed E-state index contributed by atoms with van der Waals surface area (Å²) in [5, 5.41) is 16.5. The first kappa shape index (κ1) is 24.4. The monoisotopic (exact) mass is 516 g/mol. The van der Waals surface area contributed by atoms with E-state index in [0.717, 1.165) is 10.9 Å². The molecule has 0 bridgehead atoms. The Kier molecular flexibility index (Phi) is 7.47. The van der Waals surface area contributed by atoms with Crippen molar-refractivity contribution in [3.05, 3.63) is 66.7 Å². The van der Waals surface area contributed by atoms with Crippen molar-refractivity contribution in [1.82, 2.24) is 9.66 Å². The number of nitro groups is 1. The van der Waals surface area contributed by atoms with Crippen LogP contribution < -0.4 is 15.0 Å². The van der Waals surface area contributed by atoms with Crippen molar-refractivity contribution in [1.29, 1.82) is 0 Å². The highest BCUT2D eigenvalue weighted by atomic mass is 79.9. The Morgan fingerprint density at radius 2 is 2.00 bits per heavy atom. The minimum Gasteiger partial charge on any atom is -0.493 e. The van der Waals surface area contributed by atoms with Crippen LogP contribution in [0, 0.1) is 10.1 Å². The summed E-state index contributed by atoms with van der Waals surface area (Å²) in [6.07, 6.45) is 1.86. The van der Waals surface area contributed by atoms with Crippen molar-refractivity contribution in [2.45, 2.75) is 46.1 Å². The molecule has 0 spiro atoms. The number of halogens is 1. The van der Waals surface area contributed by atoms with E-state index < -0.39 is 4.92 Å². The van der Waals surface area contributed by atoms with Crippen LogP contribution in [0.25, 0.3) is 10.9 Å². The minimum atomic E-state index is -0.538. The molecular weight excluding hydrogens is 492 g/mol. The summed E-state index contributed by atoms with van der Waals surface area (Å²) in [7, 11) is 1.41. The molecule has 0 aliphatic carbocycles. The second kappa shape index (κ2) is 10.1. The fourth-order valence-electron chi connectivity index (χ4n) is 3.23. The molecule has 2 aromatic carbocycles. The molecule has 0 aliphatic heterocycles. The molecule has 9 nitrogen and oxygen atoms in total. The van der Waals surface area contributed by atoms with E-state index in [-0.39, 0.29) is 34.8 Å². The van der Waals surface area contributed by atoms with Crippen molar-refractivity contribution in [3.8, 4) is 11.5 Å². The number of benzene rings is 2. The molecule has 1 atom stereocenters. The topological polar surface area (TPSA) is 109 Å². The summed E-state index contributed by atoms with van der Waals surface area (Å²) < 4.78 is 12.9. The molecule has 0 amide bonds. The minimum absolute atomic E-state index is 0.0337. The molecule has 0 aliphatic rings. The van der Waals surface area contributed by atoms with Crippen molar-refractivity contribution in [2.24, 2.45) is 5.10 Å². The second-order valence-corrected chi connectivity index (χ2v) is 8.71. The highest BCUT2D eigenvalue weighted by molar-refractivity contribution is 9.10. The Hall–Kier alpha value is -3.27. The van der Waals surface area contributed by atoms with Crippen LogP contribution in [0.2, 0.25) is 0 Å². The number of aromatic nitrogens is 2. The number of methoxy groups -OCH3 is 1. The molecule has 3 rings (SSSR count). The maximum absolute atomic E-state index is 13.3. The quantitative estimate of drug-likeness (QED) is 0.229. The smallest absolute Gasteiger partial charge is 0.315 e. The Morgan fingerprint density at radius 1 is 1.27 bits per heavy atom. The number of hydrogen-bond donors (Lipinski definition) is 0. The zero-order valence-corrected chi connectivity index (χ0v) is 20.6. The molecule has 0 saturated carbocycles. The van der Waals surface area contributed by atoms with E-state index in [1.165, 1.54) is 24.1 Å². The number of ether oxygens (including phenoxy) is 2. The van der Waals surface area contributed by atoms with Crippen molar-refractivity contribution < 1.29 is 14.4 Å². The lowest BCUT2D eigenvalue weighted by molar-refractivity contribution is -0.386. The Bertz CT molecular complexity index is 1290. The predicted octanol–water partition coefficient (Wildman–Crippen LogP) is 5.26. The first-order chi connectivity index (χ1) is 15.7. The number of hydrogen-bond acceptors (Lipinski definition) is 7. The van der Waals surface area contributed by atoms with Gasteiger partial charge in [-0.25, -0.2) is 4.98 Å². The average Bonchev–Trinajstić information content (AvgIpc) is 2.78. The maximum Gasteiger partial charge on any atom is 0.315 e. The molecule has 0 N–H and O–H groups in total. The number of nitrogens with zero attached hydrogens (tertiary/aromatic N) is 4. The molecule has 1 heterocycles. The standard InChI is InChI=1S/C23H25BrN4O5/c1-6-14(4)22-26-18-8-7-16(24)11-17(18)23(29)27(22)25-12-15-9-19(28(30)31)21(33-13(2)3)20(10-15)32-5/h7-14H,6H2,1-5H3/t14-/m0/s1. The number of nitro benzene ring substituents is 1. The summed E-state index contributed by atoms with van der Waals surface area (Å²) >= 11 is 3.39. The highest BCUT2D eigenvalue weighted by Gasteiger charge is 2.23. The zero-order chi connectivity index (χ0) is 24.3. The first-order valence-electron chi connectivity index (χ1n) is 10.5. The van der Waals surface area contributed by atoms with E-state index in [1.807, 2.05) is 19.9 Å². The fourth-order valence-corrected chi connectivity index (χ4v) is 3.59. The van der Waals surface area contributed by atoms with Gasteiger partial charge in [0.15, 0.2) is 5.75 Å². The summed E-state index contributed by atoms with van der Waals surface area (Å²) in [6, 6.07) is 8.22. The van der Waals surface area contributed by atoms with Gasteiger partial charge in [0, 0.05) is 22.0 Å². The van der Waals surface area contributed by atoms with Crippen molar-refractivity contribution >= 4 is 38.7 Å². The molecule has 0 unspecified atom stereocenters. The third-order valence-corrected chi connectivity index (χ3v) is 5.53. The summed E-state index contributed by atoms with van der Waals surface area (Å²) in [5.41, 5.74) is 0.386. The van der Waals surface area contributed by atoms with Crippen molar-refractivity contribution in [2.75, 3.05) is 7.11 Å². The average molecular weight is 517 g/mol. The maximum atomic E-state index is 13.3. The van der Waals surface area contributed by atoms with Gasteiger partial charge in [0.2, 0.25) is 5.75 Å². The lowest BCUT2D eigenvalue weighted by atomic mass is 10.1. The van der Waals surface area contributed by atoms with Crippen LogP contribution in [0.15, 0.2) is 44.7 Å². The van der Waals surface area contributed by atoms with Crippen LogP contribution in [-0.2, 0) is 0 Å². The SMILES string of the molecule is CC[C@H](C)c1nc2ccc(Br)cc2c(=O)n1N=Cc1cc(OC)c(OC(C)C)c([N+](=O)[O-])c1. The Balaban J connectivity index is 2.19. The van der Waals surface area contributed by atoms with Gasteiger partial charge in [-0.05, 0) is 44.5 Å². The number of rotatable bonds is 8. The van der Waals surface area contributed by atoms with E-state index in [0.29, 0.717) is 22.3 Å². The van der Waals surface area contributed by atoms with Crippen LogP contribution in [0.4, 0.5) is 5.69 Å². The third kappa shape index (κ3) is 5.22. The molecule has 0 fully saturated rings. The fraction of sp³-hybridized carbons (Fsp3) is 0.348. The van der Waals surface area contributed by atoms with Gasteiger partial charge in [-0.1, -0.05) is 29.8 Å². The first-order valence-corrected chi connectivity index (χ1v) is 11.2. The van der Waals surface area contributed by atoms with Crippen LogP contribution in [0.1, 0.15) is 51.4 Å². The lowest BCUT2D eigenvalue weighted by Gasteiger charge is -2.15. The van der Waals surface area contributed by atoms with E-state index in [9.17, 15) is 14.9 Å². The van der Waals surface area contributed by atoms with Gasteiger partial charge in [0.25, 0.3) is 5.56 Å². The lowest BCUT2D eigenvalue weighted by Crippen LogP contribution is -2.23. The van der Waals surface area contributed by atoms with Crippen LogP contribution in [0.5, 0.6) is 11.5 Å². The van der Waals surface area contributed by atoms with Gasteiger partial charge >= 0.3 is 5.69 Å². The molecule has 1 aromatic heterocycles.